The number of hydrogen-bond donors (Lipinski definition) is 2. The molecule has 1 saturated carbocycles. The van der Waals surface area contributed by atoms with E-state index in [0.29, 0.717) is 23.3 Å². The first-order chi connectivity index (χ1) is 16.2. The molecule has 8 nitrogen and oxygen atoms in total. The van der Waals surface area contributed by atoms with Crippen LogP contribution in [0.1, 0.15) is 39.7 Å². The van der Waals surface area contributed by atoms with E-state index in [-0.39, 0.29) is 17.7 Å². The minimum atomic E-state index is -0.643. The molecular weight excluding hydrogens is 430 g/mol. The fraction of sp³-hybridized carbons (Fsp3) is 0.346. The standard InChI is InChI=1S/C26H27N5O3/c1-5-15-6-7-28-13-20(15)16-8-17-11-23(31-24(32)19-9-18(19)12-27)29-14-21(17)22(10-16)30-25(33)34-26(2,3)4/h6-8,10-11,13-14,18-19H,5,9H2,1-4H3,(H,30,33)(H,29,31,32)/t18-,19+/m1/s1. The first-order valence-electron chi connectivity index (χ1n) is 11.3. The van der Waals surface area contributed by atoms with Crippen LogP contribution in [0.5, 0.6) is 0 Å². The van der Waals surface area contributed by atoms with Gasteiger partial charge in [0, 0.05) is 29.5 Å². The fourth-order valence-corrected chi connectivity index (χ4v) is 3.84. The summed E-state index contributed by atoms with van der Waals surface area (Å²) in [5, 5.41) is 16.1. The molecule has 0 spiro atoms. The molecule has 1 aliphatic carbocycles. The first-order valence-corrected chi connectivity index (χ1v) is 11.3. The normalized spacial score (nSPS) is 17.0. The van der Waals surface area contributed by atoms with Crippen molar-refractivity contribution in [3.63, 3.8) is 0 Å². The molecule has 2 amide bonds. The number of fused-ring (bicyclic) bond motifs is 1. The number of hydrogen-bond acceptors (Lipinski definition) is 6. The van der Waals surface area contributed by atoms with Crippen LogP contribution in [0.2, 0.25) is 0 Å². The Labute approximate surface area is 198 Å². The van der Waals surface area contributed by atoms with Crippen molar-refractivity contribution in [2.24, 2.45) is 11.8 Å². The Bertz CT molecular complexity index is 1310. The zero-order valence-corrected chi connectivity index (χ0v) is 19.7. The summed E-state index contributed by atoms with van der Waals surface area (Å²) < 4.78 is 5.45. The summed E-state index contributed by atoms with van der Waals surface area (Å²) >= 11 is 0. The Kier molecular flexibility index (Phi) is 6.20. The lowest BCUT2D eigenvalue weighted by molar-refractivity contribution is -0.117. The Morgan fingerprint density at radius 3 is 2.68 bits per heavy atom. The van der Waals surface area contributed by atoms with E-state index in [1.54, 1.807) is 45.4 Å². The Hall–Kier alpha value is -3.99. The van der Waals surface area contributed by atoms with Crippen LogP contribution in [0, 0.1) is 23.2 Å². The minimum Gasteiger partial charge on any atom is -0.444 e. The van der Waals surface area contributed by atoms with Crippen LogP contribution < -0.4 is 10.6 Å². The van der Waals surface area contributed by atoms with Crippen molar-refractivity contribution in [3.8, 4) is 17.2 Å². The molecule has 174 valence electrons. The summed E-state index contributed by atoms with van der Waals surface area (Å²) in [5.41, 5.74) is 2.85. The Morgan fingerprint density at radius 2 is 2.00 bits per heavy atom. The molecule has 1 aliphatic rings. The number of ether oxygens (including phenoxy) is 1. The molecule has 0 bridgehead atoms. The summed E-state index contributed by atoms with van der Waals surface area (Å²) in [4.78, 5) is 33.6. The highest BCUT2D eigenvalue weighted by Crippen LogP contribution is 2.39. The number of pyridine rings is 2. The zero-order chi connectivity index (χ0) is 24.5. The largest absolute Gasteiger partial charge is 0.444 e. The predicted molar refractivity (Wildman–Crippen MR) is 130 cm³/mol. The van der Waals surface area contributed by atoms with E-state index in [0.717, 1.165) is 28.5 Å². The summed E-state index contributed by atoms with van der Waals surface area (Å²) in [7, 11) is 0. The first kappa shape index (κ1) is 23.2. The number of aromatic nitrogens is 2. The molecule has 0 saturated heterocycles. The number of carbonyl (C=O) groups is 2. The second kappa shape index (κ2) is 9.10. The van der Waals surface area contributed by atoms with Gasteiger partial charge >= 0.3 is 6.09 Å². The van der Waals surface area contributed by atoms with E-state index in [4.69, 9.17) is 10.00 Å². The maximum atomic E-state index is 12.5. The number of amides is 2. The molecule has 3 aromatic rings. The lowest BCUT2D eigenvalue weighted by Gasteiger charge is -2.20. The second-order valence-corrected chi connectivity index (χ2v) is 9.39. The molecule has 2 aromatic heterocycles. The van der Waals surface area contributed by atoms with Gasteiger partial charge in [0.1, 0.15) is 11.4 Å². The van der Waals surface area contributed by atoms with E-state index >= 15 is 0 Å². The van der Waals surface area contributed by atoms with Crippen molar-refractivity contribution in [1.29, 1.82) is 5.26 Å². The molecule has 8 heteroatoms. The maximum Gasteiger partial charge on any atom is 0.412 e. The predicted octanol–water partition coefficient (Wildman–Crippen LogP) is 5.30. The van der Waals surface area contributed by atoms with Crippen LogP contribution in [-0.2, 0) is 16.0 Å². The third-order valence-electron chi connectivity index (χ3n) is 5.62. The number of anilines is 2. The topological polar surface area (TPSA) is 117 Å². The van der Waals surface area contributed by atoms with Gasteiger partial charge in [0.2, 0.25) is 5.91 Å². The Morgan fingerprint density at radius 1 is 1.21 bits per heavy atom. The lowest BCUT2D eigenvalue weighted by Crippen LogP contribution is -2.27. The van der Waals surface area contributed by atoms with Gasteiger partial charge in [0.15, 0.2) is 0 Å². The summed E-state index contributed by atoms with van der Waals surface area (Å²) in [6.07, 6.45) is 6.00. The molecule has 2 atom stereocenters. The highest BCUT2D eigenvalue weighted by molar-refractivity contribution is 6.04. The number of aryl methyl sites for hydroxylation is 1. The van der Waals surface area contributed by atoms with Gasteiger partial charge in [-0.3, -0.25) is 15.1 Å². The summed E-state index contributed by atoms with van der Waals surface area (Å²) in [6.45, 7) is 7.48. The van der Waals surface area contributed by atoms with Gasteiger partial charge in [-0.05, 0) is 74.4 Å². The number of carbonyl (C=O) groups excluding carboxylic acids is 2. The van der Waals surface area contributed by atoms with Crippen molar-refractivity contribution < 1.29 is 14.3 Å². The van der Waals surface area contributed by atoms with Gasteiger partial charge in [0.05, 0.1) is 23.6 Å². The fourth-order valence-electron chi connectivity index (χ4n) is 3.84. The third kappa shape index (κ3) is 5.15. The van der Waals surface area contributed by atoms with Crippen LogP contribution in [0.3, 0.4) is 0 Å². The molecule has 1 fully saturated rings. The smallest absolute Gasteiger partial charge is 0.412 e. The zero-order valence-electron chi connectivity index (χ0n) is 19.7. The quantitative estimate of drug-likeness (QED) is 0.537. The highest BCUT2D eigenvalue weighted by Gasteiger charge is 2.43. The molecule has 0 unspecified atom stereocenters. The van der Waals surface area contributed by atoms with Crippen molar-refractivity contribution in [1.82, 2.24) is 9.97 Å². The van der Waals surface area contributed by atoms with E-state index in [9.17, 15) is 9.59 Å². The number of nitrogens with one attached hydrogen (secondary N) is 2. The summed E-state index contributed by atoms with van der Waals surface area (Å²) in [6, 6.07) is 9.73. The lowest BCUT2D eigenvalue weighted by atomic mass is 9.97. The molecule has 2 heterocycles. The minimum absolute atomic E-state index is 0.206. The monoisotopic (exact) mass is 457 g/mol. The number of benzene rings is 1. The van der Waals surface area contributed by atoms with Crippen molar-refractivity contribution in [3.05, 3.63) is 48.4 Å². The van der Waals surface area contributed by atoms with Gasteiger partial charge in [-0.1, -0.05) is 6.92 Å². The van der Waals surface area contributed by atoms with Crippen molar-refractivity contribution >= 4 is 34.3 Å². The molecular formula is C26H27N5O3. The van der Waals surface area contributed by atoms with Crippen LogP contribution in [0.15, 0.2) is 42.9 Å². The molecule has 4 rings (SSSR count). The third-order valence-corrected chi connectivity index (χ3v) is 5.62. The number of nitriles is 1. The van der Waals surface area contributed by atoms with Gasteiger partial charge in [-0.2, -0.15) is 5.26 Å². The second-order valence-electron chi connectivity index (χ2n) is 9.39. The molecule has 1 aromatic carbocycles. The van der Waals surface area contributed by atoms with Gasteiger partial charge in [-0.15, -0.1) is 0 Å². The van der Waals surface area contributed by atoms with Crippen LogP contribution in [-0.4, -0.2) is 27.6 Å². The van der Waals surface area contributed by atoms with Crippen molar-refractivity contribution in [2.45, 2.75) is 46.1 Å². The number of rotatable bonds is 5. The van der Waals surface area contributed by atoms with Gasteiger partial charge in [0.25, 0.3) is 0 Å². The summed E-state index contributed by atoms with van der Waals surface area (Å²) in [5.74, 6) is -0.332. The Balaban J connectivity index is 1.74. The average Bonchev–Trinajstić information content (AvgIpc) is 3.57. The highest BCUT2D eigenvalue weighted by atomic mass is 16.6. The average molecular weight is 458 g/mol. The van der Waals surface area contributed by atoms with E-state index in [1.807, 2.05) is 18.2 Å². The van der Waals surface area contributed by atoms with Gasteiger partial charge < -0.3 is 10.1 Å². The van der Waals surface area contributed by atoms with Gasteiger partial charge in [-0.25, -0.2) is 9.78 Å². The molecule has 0 radical (unpaired) electrons. The molecule has 2 N–H and O–H groups in total. The van der Waals surface area contributed by atoms with Crippen LogP contribution >= 0.6 is 0 Å². The molecule has 0 aliphatic heterocycles. The maximum absolute atomic E-state index is 12.5. The van der Waals surface area contributed by atoms with E-state index < -0.39 is 11.7 Å². The van der Waals surface area contributed by atoms with Crippen LogP contribution in [0.4, 0.5) is 16.3 Å². The molecule has 34 heavy (non-hydrogen) atoms. The SMILES string of the molecule is CCc1ccncc1-c1cc(NC(=O)OC(C)(C)C)c2cnc(NC(=O)[C@H]3C[C@@H]3C#N)cc2c1. The van der Waals surface area contributed by atoms with Crippen molar-refractivity contribution in [2.75, 3.05) is 10.6 Å². The number of nitrogens with zero attached hydrogens (tertiary/aromatic N) is 3. The van der Waals surface area contributed by atoms with E-state index in [1.165, 1.54) is 0 Å². The van der Waals surface area contributed by atoms with E-state index in [2.05, 4.69) is 33.6 Å². The van der Waals surface area contributed by atoms with Crippen LogP contribution in [0.25, 0.3) is 21.9 Å².